The number of nitrogens with zero attached hydrogens (tertiary/aromatic N) is 2. The van der Waals surface area contributed by atoms with Crippen LogP contribution in [0.5, 0.6) is 0 Å². The highest BCUT2D eigenvalue weighted by molar-refractivity contribution is 5.40. The average molecular weight is 249 g/mol. The SMILES string of the molecule is CC(CO)CNCc1ccc(N2CCCC2)nc1. The second kappa shape index (κ2) is 6.71. The molecule has 0 bridgehead atoms. The van der Waals surface area contributed by atoms with E-state index in [0.29, 0.717) is 5.92 Å². The van der Waals surface area contributed by atoms with E-state index in [1.165, 1.54) is 18.4 Å². The van der Waals surface area contributed by atoms with Crippen molar-refractivity contribution in [3.05, 3.63) is 23.9 Å². The first kappa shape index (κ1) is 13.3. The molecule has 1 atom stereocenters. The summed E-state index contributed by atoms with van der Waals surface area (Å²) in [4.78, 5) is 6.85. The first-order chi connectivity index (χ1) is 8.79. The maximum Gasteiger partial charge on any atom is 0.128 e. The van der Waals surface area contributed by atoms with Gasteiger partial charge in [-0.05, 0) is 30.4 Å². The van der Waals surface area contributed by atoms with Crippen molar-refractivity contribution in [1.82, 2.24) is 10.3 Å². The molecule has 1 aliphatic heterocycles. The summed E-state index contributed by atoms with van der Waals surface area (Å²) in [6.07, 6.45) is 4.51. The standard InChI is InChI=1S/C14H23N3O/c1-12(11-18)8-15-9-13-4-5-14(16-10-13)17-6-2-3-7-17/h4-5,10,12,15,18H,2-3,6-9,11H2,1H3. The fourth-order valence-corrected chi connectivity index (χ4v) is 2.18. The van der Waals surface area contributed by atoms with Gasteiger partial charge in [0, 0.05) is 39.0 Å². The molecule has 0 spiro atoms. The van der Waals surface area contributed by atoms with Gasteiger partial charge < -0.3 is 15.3 Å². The maximum absolute atomic E-state index is 8.93. The van der Waals surface area contributed by atoms with Gasteiger partial charge in [0.05, 0.1) is 0 Å². The lowest BCUT2D eigenvalue weighted by Crippen LogP contribution is -2.23. The Morgan fingerprint density at radius 1 is 1.39 bits per heavy atom. The molecule has 4 heteroatoms. The molecule has 1 aliphatic rings. The zero-order valence-corrected chi connectivity index (χ0v) is 11.1. The van der Waals surface area contributed by atoms with E-state index in [9.17, 15) is 0 Å². The van der Waals surface area contributed by atoms with Crippen LogP contribution in [-0.2, 0) is 6.54 Å². The molecule has 2 N–H and O–H groups in total. The first-order valence-corrected chi connectivity index (χ1v) is 6.81. The lowest BCUT2D eigenvalue weighted by Gasteiger charge is -2.16. The van der Waals surface area contributed by atoms with Gasteiger partial charge in [-0.15, -0.1) is 0 Å². The van der Waals surface area contributed by atoms with Crippen molar-refractivity contribution in [1.29, 1.82) is 0 Å². The van der Waals surface area contributed by atoms with Gasteiger partial charge in [0.2, 0.25) is 0 Å². The molecule has 1 saturated heterocycles. The average Bonchev–Trinajstić information content (AvgIpc) is 2.93. The Kier molecular flexibility index (Phi) is 4.96. The zero-order chi connectivity index (χ0) is 12.8. The predicted molar refractivity (Wildman–Crippen MR) is 73.6 cm³/mol. The highest BCUT2D eigenvalue weighted by Gasteiger charge is 2.12. The van der Waals surface area contributed by atoms with E-state index < -0.39 is 0 Å². The highest BCUT2D eigenvalue weighted by Crippen LogP contribution is 2.17. The lowest BCUT2D eigenvalue weighted by molar-refractivity contribution is 0.233. The molecule has 2 heterocycles. The molecule has 0 saturated carbocycles. The number of hydrogen-bond acceptors (Lipinski definition) is 4. The van der Waals surface area contributed by atoms with Gasteiger partial charge >= 0.3 is 0 Å². The third-order valence-electron chi connectivity index (χ3n) is 3.37. The van der Waals surface area contributed by atoms with E-state index in [4.69, 9.17) is 5.11 Å². The molecular weight excluding hydrogens is 226 g/mol. The molecule has 0 aromatic carbocycles. The Bertz CT molecular complexity index is 347. The monoisotopic (exact) mass is 249 g/mol. The summed E-state index contributed by atoms with van der Waals surface area (Å²) in [5.74, 6) is 1.40. The Labute approximate surface area is 109 Å². The predicted octanol–water partition coefficient (Wildman–Crippen LogP) is 1.40. The van der Waals surface area contributed by atoms with E-state index in [1.54, 1.807) is 0 Å². The van der Waals surface area contributed by atoms with Crippen LogP contribution in [-0.4, -0.2) is 36.3 Å². The molecule has 0 aliphatic carbocycles. The van der Waals surface area contributed by atoms with Gasteiger partial charge in [0.25, 0.3) is 0 Å². The molecule has 1 aromatic heterocycles. The summed E-state index contributed by atoms with van der Waals surface area (Å²) in [7, 11) is 0. The van der Waals surface area contributed by atoms with Crippen LogP contribution < -0.4 is 10.2 Å². The number of pyridine rings is 1. The number of aromatic nitrogens is 1. The Balaban J connectivity index is 1.80. The molecule has 1 fully saturated rings. The minimum absolute atomic E-state index is 0.235. The van der Waals surface area contributed by atoms with Crippen molar-refractivity contribution < 1.29 is 5.11 Å². The number of nitrogens with one attached hydrogen (secondary N) is 1. The van der Waals surface area contributed by atoms with Crippen LogP contribution in [0.3, 0.4) is 0 Å². The van der Waals surface area contributed by atoms with E-state index in [0.717, 1.165) is 32.0 Å². The molecule has 0 amide bonds. The number of anilines is 1. The quantitative estimate of drug-likeness (QED) is 0.800. The summed E-state index contributed by atoms with van der Waals surface area (Å²) in [5.41, 5.74) is 1.20. The van der Waals surface area contributed by atoms with E-state index >= 15 is 0 Å². The van der Waals surface area contributed by atoms with Gasteiger partial charge in [0.1, 0.15) is 5.82 Å². The summed E-state index contributed by atoms with van der Waals surface area (Å²) in [6.45, 7) is 6.19. The lowest BCUT2D eigenvalue weighted by atomic mass is 10.2. The van der Waals surface area contributed by atoms with Gasteiger partial charge in [-0.1, -0.05) is 13.0 Å². The number of rotatable bonds is 6. The van der Waals surface area contributed by atoms with Crippen LogP contribution in [0.2, 0.25) is 0 Å². The van der Waals surface area contributed by atoms with Gasteiger partial charge in [-0.25, -0.2) is 4.98 Å². The van der Waals surface area contributed by atoms with Crippen molar-refractivity contribution in [3.8, 4) is 0 Å². The smallest absolute Gasteiger partial charge is 0.128 e. The topological polar surface area (TPSA) is 48.4 Å². The number of aliphatic hydroxyl groups is 1. The third-order valence-corrected chi connectivity index (χ3v) is 3.37. The number of hydrogen-bond donors (Lipinski definition) is 2. The highest BCUT2D eigenvalue weighted by atomic mass is 16.3. The van der Waals surface area contributed by atoms with Crippen LogP contribution in [0.25, 0.3) is 0 Å². The van der Waals surface area contributed by atoms with Crippen molar-refractivity contribution in [3.63, 3.8) is 0 Å². The molecule has 0 radical (unpaired) electrons. The summed E-state index contributed by atoms with van der Waals surface area (Å²) in [5, 5.41) is 12.3. The van der Waals surface area contributed by atoms with Crippen molar-refractivity contribution in [2.24, 2.45) is 5.92 Å². The minimum Gasteiger partial charge on any atom is -0.396 e. The molecule has 4 nitrogen and oxygen atoms in total. The molecule has 2 rings (SSSR count). The van der Waals surface area contributed by atoms with Crippen LogP contribution >= 0.6 is 0 Å². The summed E-state index contributed by atoms with van der Waals surface area (Å²) in [6, 6.07) is 4.25. The molecule has 1 aromatic rings. The summed E-state index contributed by atoms with van der Waals surface area (Å²) < 4.78 is 0. The van der Waals surface area contributed by atoms with Crippen LogP contribution in [0, 0.1) is 5.92 Å². The molecule has 100 valence electrons. The maximum atomic E-state index is 8.93. The van der Waals surface area contributed by atoms with E-state index in [-0.39, 0.29) is 6.61 Å². The fourth-order valence-electron chi connectivity index (χ4n) is 2.18. The third kappa shape index (κ3) is 3.68. The number of aliphatic hydroxyl groups excluding tert-OH is 1. The Morgan fingerprint density at radius 2 is 2.17 bits per heavy atom. The van der Waals surface area contributed by atoms with Crippen LogP contribution in [0.1, 0.15) is 25.3 Å². The van der Waals surface area contributed by atoms with E-state index in [1.807, 2.05) is 13.1 Å². The second-order valence-corrected chi connectivity index (χ2v) is 5.14. The zero-order valence-electron chi connectivity index (χ0n) is 11.1. The van der Waals surface area contributed by atoms with E-state index in [2.05, 4.69) is 27.3 Å². The Hall–Kier alpha value is -1.13. The molecule has 18 heavy (non-hydrogen) atoms. The molecular formula is C14H23N3O. The van der Waals surface area contributed by atoms with Crippen molar-refractivity contribution in [2.75, 3.05) is 31.1 Å². The minimum atomic E-state index is 0.235. The van der Waals surface area contributed by atoms with Crippen LogP contribution in [0.15, 0.2) is 18.3 Å². The first-order valence-electron chi connectivity index (χ1n) is 6.81. The van der Waals surface area contributed by atoms with Gasteiger partial charge in [0.15, 0.2) is 0 Å². The van der Waals surface area contributed by atoms with Gasteiger partial charge in [-0.3, -0.25) is 0 Å². The Morgan fingerprint density at radius 3 is 2.78 bits per heavy atom. The van der Waals surface area contributed by atoms with Gasteiger partial charge in [-0.2, -0.15) is 0 Å². The second-order valence-electron chi connectivity index (χ2n) is 5.14. The van der Waals surface area contributed by atoms with Crippen molar-refractivity contribution in [2.45, 2.75) is 26.3 Å². The largest absolute Gasteiger partial charge is 0.396 e. The van der Waals surface area contributed by atoms with Crippen LogP contribution in [0.4, 0.5) is 5.82 Å². The summed E-state index contributed by atoms with van der Waals surface area (Å²) >= 11 is 0. The van der Waals surface area contributed by atoms with Crippen molar-refractivity contribution >= 4 is 5.82 Å². The molecule has 1 unspecified atom stereocenters. The fraction of sp³-hybridized carbons (Fsp3) is 0.643. The normalized spacial score (nSPS) is 17.1.